The van der Waals surface area contributed by atoms with E-state index in [2.05, 4.69) is 26.5 Å². The number of nitrogens with zero attached hydrogens (tertiary/aromatic N) is 2. The lowest BCUT2D eigenvalue weighted by Crippen LogP contribution is -2.42. The number of hydrazine groups is 1. The normalized spacial score (nSPS) is 13.4. The van der Waals surface area contributed by atoms with Crippen LogP contribution in [0, 0.1) is 0 Å². The third-order valence-electron chi connectivity index (χ3n) is 2.63. The number of halogens is 3. The van der Waals surface area contributed by atoms with Gasteiger partial charge in [-0.05, 0) is 29.3 Å². The number of rotatable bonds is 6. The van der Waals surface area contributed by atoms with Gasteiger partial charge in [-0.2, -0.15) is 5.10 Å². The van der Waals surface area contributed by atoms with Gasteiger partial charge in [-0.3, -0.25) is 16.0 Å². The first-order chi connectivity index (χ1) is 8.04. The molecule has 0 aliphatic carbocycles. The van der Waals surface area contributed by atoms with E-state index < -0.39 is 12.5 Å². The fraction of sp³-hybridized carbons (Fsp3) is 0.700. The molecule has 17 heavy (non-hydrogen) atoms. The molecule has 0 saturated heterocycles. The predicted molar refractivity (Wildman–Crippen MR) is 65.8 cm³/mol. The van der Waals surface area contributed by atoms with Gasteiger partial charge in [0.15, 0.2) is 0 Å². The van der Waals surface area contributed by atoms with Gasteiger partial charge < -0.3 is 0 Å². The third-order valence-corrected chi connectivity index (χ3v) is 3.54. The summed E-state index contributed by atoms with van der Waals surface area (Å²) in [6, 6.07) is -1.06. The zero-order valence-corrected chi connectivity index (χ0v) is 11.5. The van der Waals surface area contributed by atoms with Crippen LogP contribution in [0.4, 0.5) is 8.78 Å². The summed E-state index contributed by atoms with van der Waals surface area (Å²) in [6.45, 7) is 4.55. The second-order valence-corrected chi connectivity index (χ2v) is 4.48. The van der Waals surface area contributed by atoms with Crippen LogP contribution < -0.4 is 11.3 Å². The average molecular weight is 311 g/mol. The molecule has 1 atom stereocenters. The third kappa shape index (κ3) is 3.23. The summed E-state index contributed by atoms with van der Waals surface area (Å²) in [5.41, 5.74) is 3.78. The van der Waals surface area contributed by atoms with Gasteiger partial charge in [0.1, 0.15) is 0 Å². The number of hydrogen-bond acceptors (Lipinski definition) is 3. The van der Waals surface area contributed by atoms with Crippen LogP contribution >= 0.6 is 15.9 Å². The highest BCUT2D eigenvalue weighted by molar-refractivity contribution is 9.10. The van der Waals surface area contributed by atoms with Crippen molar-refractivity contribution in [2.24, 2.45) is 5.84 Å². The quantitative estimate of drug-likeness (QED) is 0.623. The molecule has 0 radical (unpaired) electrons. The summed E-state index contributed by atoms with van der Waals surface area (Å²) < 4.78 is 27.8. The van der Waals surface area contributed by atoms with Crippen molar-refractivity contribution in [2.75, 3.05) is 0 Å². The maximum atomic E-state index is 12.7. The van der Waals surface area contributed by atoms with Crippen molar-refractivity contribution >= 4 is 15.9 Å². The Hall–Kier alpha value is -0.530. The monoisotopic (exact) mass is 310 g/mol. The van der Waals surface area contributed by atoms with Crippen LogP contribution in [0.5, 0.6) is 0 Å². The number of nitrogens with two attached hydrogens (primary N) is 1. The van der Waals surface area contributed by atoms with E-state index in [1.54, 1.807) is 4.68 Å². The van der Waals surface area contributed by atoms with Gasteiger partial charge in [-0.25, -0.2) is 8.78 Å². The molecule has 0 fully saturated rings. The highest BCUT2D eigenvalue weighted by Gasteiger charge is 2.23. The topological polar surface area (TPSA) is 55.9 Å². The first kappa shape index (κ1) is 14.5. The molecule has 0 saturated carbocycles. The van der Waals surface area contributed by atoms with Gasteiger partial charge in [0.05, 0.1) is 21.9 Å². The fourth-order valence-electron chi connectivity index (χ4n) is 1.64. The Morgan fingerprint density at radius 3 is 2.53 bits per heavy atom. The van der Waals surface area contributed by atoms with E-state index in [0.29, 0.717) is 6.54 Å². The highest BCUT2D eigenvalue weighted by atomic mass is 79.9. The lowest BCUT2D eigenvalue weighted by molar-refractivity contribution is 0.0974. The molecule has 1 aromatic heterocycles. The molecular formula is C10H17BrF2N4. The molecule has 0 amide bonds. The summed E-state index contributed by atoms with van der Waals surface area (Å²) in [5.74, 6) is 5.13. The molecule has 98 valence electrons. The van der Waals surface area contributed by atoms with Crippen LogP contribution in [0.2, 0.25) is 0 Å². The molecule has 0 spiro atoms. The number of alkyl halides is 2. The minimum absolute atomic E-state index is 0.148. The molecule has 1 unspecified atom stereocenters. The van der Waals surface area contributed by atoms with Crippen molar-refractivity contribution in [2.45, 2.75) is 45.7 Å². The zero-order valence-electron chi connectivity index (χ0n) is 9.88. The summed E-state index contributed by atoms with van der Waals surface area (Å²) in [5, 5.41) is 4.35. The summed E-state index contributed by atoms with van der Waals surface area (Å²) >= 11 is 3.41. The average Bonchev–Trinajstić information content (AvgIpc) is 2.62. The summed E-state index contributed by atoms with van der Waals surface area (Å²) in [4.78, 5) is 0. The van der Waals surface area contributed by atoms with E-state index in [4.69, 9.17) is 5.84 Å². The molecule has 0 bridgehead atoms. The Labute approximate surface area is 108 Å². The van der Waals surface area contributed by atoms with Gasteiger partial charge in [0.2, 0.25) is 0 Å². The molecule has 3 N–H and O–H groups in total. The molecule has 1 aromatic rings. The predicted octanol–water partition coefficient (Wildman–Crippen LogP) is 1.87. The SMILES string of the molecule is CCc1nn(CC)c(CC(NN)C(F)F)c1Br. The molecular weight excluding hydrogens is 294 g/mol. The van der Waals surface area contributed by atoms with Crippen LogP contribution in [0.25, 0.3) is 0 Å². The van der Waals surface area contributed by atoms with Crippen molar-refractivity contribution in [3.05, 3.63) is 15.9 Å². The van der Waals surface area contributed by atoms with Gasteiger partial charge in [-0.15, -0.1) is 0 Å². The van der Waals surface area contributed by atoms with E-state index >= 15 is 0 Å². The first-order valence-corrected chi connectivity index (χ1v) is 6.32. The molecule has 4 nitrogen and oxygen atoms in total. The Bertz CT molecular complexity index is 367. The van der Waals surface area contributed by atoms with Gasteiger partial charge >= 0.3 is 0 Å². The van der Waals surface area contributed by atoms with Crippen LogP contribution in [0.1, 0.15) is 25.2 Å². The first-order valence-electron chi connectivity index (χ1n) is 5.53. The Morgan fingerprint density at radius 2 is 2.12 bits per heavy atom. The van der Waals surface area contributed by atoms with E-state index in [-0.39, 0.29) is 6.42 Å². The lowest BCUT2D eigenvalue weighted by Gasteiger charge is -2.15. The van der Waals surface area contributed by atoms with Gasteiger partial charge in [-0.1, -0.05) is 6.92 Å². The molecule has 1 heterocycles. The van der Waals surface area contributed by atoms with Crippen LogP contribution in [0.3, 0.4) is 0 Å². The number of aromatic nitrogens is 2. The van der Waals surface area contributed by atoms with E-state index in [0.717, 1.165) is 22.3 Å². The van der Waals surface area contributed by atoms with Crippen molar-refractivity contribution in [1.29, 1.82) is 0 Å². The molecule has 0 aliphatic heterocycles. The Balaban J connectivity index is 2.99. The van der Waals surface area contributed by atoms with E-state index in [9.17, 15) is 8.78 Å². The number of nitrogens with one attached hydrogen (secondary N) is 1. The van der Waals surface area contributed by atoms with Crippen LogP contribution in [0.15, 0.2) is 4.47 Å². The molecule has 7 heteroatoms. The molecule has 1 rings (SSSR count). The smallest absolute Gasteiger partial charge is 0.255 e. The molecule has 0 aliphatic rings. The highest BCUT2D eigenvalue weighted by Crippen LogP contribution is 2.24. The Kier molecular flexibility index (Phi) is 5.48. The lowest BCUT2D eigenvalue weighted by atomic mass is 10.1. The van der Waals surface area contributed by atoms with Crippen LogP contribution in [-0.2, 0) is 19.4 Å². The summed E-state index contributed by atoms with van der Waals surface area (Å²) in [7, 11) is 0. The van der Waals surface area contributed by atoms with Gasteiger partial charge in [0, 0.05) is 13.0 Å². The minimum atomic E-state index is -2.50. The fourth-order valence-corrected chi connectivity index (χ4v) is 2.37. The molecule has 0 aromatic carbocycles. The van der Waals surface area contributed by atoms with Crippen molar-refractivity contribution < 1.29 is 8.78 Å². The maximum Gasteiger partial charge on any atom is 0.255 e. The number of hydrogen-bond donors (Lipinski definition) is 2. The Morgan fingerprint density at radius 1 is 1.47 bits per heavy atom. The number of aryl methyl sites for hydroxylation is 2. The second-order valence-electron chi connectivity index (χ2n) is 3.69. The summed E-state index contributed by atoms with van der Waals surface area (Å²) in [6.07, 6.45) is -1.59. The standard InChI is InChI=1S/C10H17BrF2N4/c1-3-6-9(11)8(17(4-2)16-6)5-7(15-14)10(12)13/h7,10,15H,3-5,14H2,1-2H3. The van der Waals surface area contributed by atoms with Crippen molar-refractivity contribution in [1.82, 2.24) is 15.2 Å². The second kappa shape index (κ2) is 6.42. The van der Waals surface area contributed by atoms with Crippen molar-refractivity contribution in [3.8, 4) is 0 Å². The van der Waals surface area contributed by atoms with Crippen molar-refractivity contribution in [3.63, 3.8) is 0 Å². The van der Waals surface area contributed by atoms with E-state index in [1.807, 2.05) is 13.8 Å². The largest absolute Gasteiger partial charge is 0.271 e. The minimum Gasteiger partial charge on any atom is -0.271 e. The maximum absolute atomic E-state index is 12.7. The zero-order chi connectivity index (χ0) is 13.0. The van der Waals surface area contributed by atoms with Crippen LogP contribution in [-0.4, -0.2) is 22.2 Å². The van der Waals surface area contributed by atoms with E-state index in [1.165, 1.54) is 0 Å². The van der Waals surface area contributed by atoms with Gasteiger partial charge in [0.25, 0.3) is 6.43 Å².